The number of nitrogens with one attached hydrogen (secondary N) is 4. The molecule has 5 heterocycles. The summed E-state index contributed by atoms with van der Waals surface area (Å²) in [4.78, 5) is 131. The molecule has 0 spiro atoms. The molecule has 93 heavy (non-hydrogen) atoms. The normalized spacial score (nSPS) is 24.1. The molecule has 8 amide bonds. The van der Waals surface area contributed by atoms with Gasteiger partial charge in [-0.25, -0.2) is 0 Å². The maximum Gasteiger partial charge on any atom is 0.314 e. The summed E-state index contributed by atoms with van der Waals surface area (Å²) in [5.74, 6) is -3.95. The zero-order chi connectivity index (χ0) is 68.8. The van der Waals surface area contributed by atoms with Gasteiger partial charge in [0.2, 0.25) is 23.6 Å². The Hall–Kier alpha value is -4.40. The molecular formula is C59H96N8O22S4. The number of hydrogen-bond acceptors (Lipinski definition) is 27. The number of aliphatic hydroxyl groups excluding tert-OH is 6. The molecule has 0 aromatic heterocycles. The first kappa shape index (κ1) is 79.3. The van der Waals surface area contributed by atoms with E-state index in [0.717, 1.165) is 22.0 Å². The lowest BCUT2D eigenvalue weighted by molar-refractivity contribution is -0.184. The van der Waals surface area contributed by atoms with E-state index in [1.54, 1.807) is 60.1 Å². The van der Waals surface area contributed by atoms with Crippen LogP contribution in [-0.2, 0) is 76.4 Å². The zero-order valence-electron chi connectivity index (χ0n) is 54.2. The van der Waals surface area contributed by atoms with E-state index >= 15 is 0 Å². The first-order chi connectivity index (χ1) is 43.8. The summed E-state index contributed by atoms with van der Waals surface area (Å²) in [6.45, 7) is 16.6. The third-order valence-corrected chi connectivity index (χ3v) is 23.0. The van der Waals surface area contributed by atoms with E-state index in [1.165, 1.54) is 20.6 Å². The van der Waals surface area contributed by atoms with Crippen molar-refractivity contribution in [3.63, 3.8) is 0 Å². The molecule has 0 bridgehead atoms. The number of hydrogen-bond donors (Lipinski definition) is 10. The summed E-state index contributed by atoms with van der Waals surface area (Å²) >= 11 is 0. The van der Waals surface area contributed by atoms with Crippen LogP contribution in [0, 0.1) is 10.8 Å². The van der Waals surface area contributed by atoms with Crippen LogP contribution in [0.5, 0.6) is 0 Å². The van der Waals surface area contributed by atoms with Gasteiger partial charge in [0.25, 0.3) is 11.8 Å². The lowest BCUT2D eigenvalue weighted by Crippen LogP contribution is -2.68. The van der Waals surface area contributed by atoms with Crippen LogP contribution in [0.25, 0.3) is 0 Å². The smallest absolute Gasteiger partial charge is 0.314 e. The number of imide groups is 1. The summed E-state index contributed by atoms with van der Waals surface area (Å²) in [6, 6.07) is -2.27. The van der Waals surface area contributed by atoms with Crippen LogP contribution in [0.4, 0.5) is 0 Å². The van der Waals surface area contributed by atoms with E-state index in [2.05, 4.69) is 21.3 Å². The molecule has 0 aliphatic carbocycles. The van der Waals surface area contributed by atoms with Crippen molar-refractivity contribution in [1.82, 2.24) is 40.9 Å². The van der Waals surface area contributed by atoms with Crippen LogP contribution in [0.15, 0.2) is 12.2 Å². The van der Waals surface area contributed by atoms with Crippen molar-refractivity contribution in [1.29, 1.82) is 0 Å². The van der Waals surface area contributed by atoms with E-state index in [4.69, 9.17) is 28.4 Å². The molecule has 0 aromatic carbocycles. The number of aliphatic hydroxyl groups is 6. The summed E-state index contributed by atoms with van der Waals surface area (Å²) in [5.41, 5.74) is -1.86. The molecule has 0 aromatic rings. The lowest BCUT2D eigenvalue weighted by Gasteiger charge is -2.45. The highest BCUT2D eigenvalue weighted by molar-refractivity contribution is 8.77. The molecule has 4 saturated heterocycles. The zero-order valence-corrected chi connectivity index (χ0v) is 57.5. The second-order valence-corrected chi connectivity index (χ2v) is 31.8. The molecule has 5 aliphatic heterocycles. The van der Waals surface area contributed by atoms with Gasteiger partial charge in [0, 0.05) is 85.1 Å². The van der Waals surface area contributed by atoms with Crippen molar-refractivity contribution in [3.8, 4) is 0 Å². The molecule has 5 rings (SSSR count). The highest BCUT2D eigenvalue weighted by Crippen LogP contribution is 2.42. The number of rotatable bonds is 43. The SMILES string of the molecule is CC(C)(CCC(=O)NCCOCCOCCN(CCOCCOCCNC(=O)CCC(C)(C)SSCCC(C)(C)C(=O)OCC1[C@H](O)[C@@H](O)[C@@H](O)[C@@H]2NCC(=O)N12)C(=O)CCN1C(=O)C=CC1=O)SSCCC(C)(C)C(=O)OCC1[C@@H](O)[C@H](O)[C@H](O)[C@H]2NC(=O)C(=O)N12. The van der Waals surface area contributed by atoms with Gasteiger partial charge in [-0.15, -0.1) is 0 Å². The molecular weight excluding hydrogens is 1300 g/mol. The summed E-state index contributed by atoms with van der Waals surface area (Å²) in [6.07, 6.45) is -6.76. The van der Waals surface area contributed by atoms with Crippen molar-refractivity contribution >= 4 is 102 Å². The van der Waals surface area contributed by atoms with Crippen molar-refractivity contribution in [2.75, 3.05) is 117 Å². The van der Waals surface area contributed by atoms with Gasteiger partial charge in [-0.2, -0.15) is 0 Å². The van der Waals surface area contributed by atoms with Gasteiger partial charge in [-0.1, -0.05) is 43.2 Å². The molecule has 34 heteroatoms. The molecule has 528 valence electrons. The van der Waals surface area contributed by atoms with E-state index in [0.29, 0.717) is 37.2 Å². The van der Waals surface area contributed by atoms with Crippen LogP contribution in [0.3, 0.4) is 0 Å². The first-order valence-corrected chi connectivity index (χ1v) is 35.8. The molecule has 0 saturated carbocycles. The van der Waals surface area contributed by atoms with Gasteiger partial charge in [-0.3, -0.25) is 58.2 Å². The van der Waals surface area contributed by atoms with E-state index in [1.807, 2.05) is 27.7 Å². The topological polar surface area (TPSA) is 409 Å². The molecule has 10 N–H and O–H groups in total. The largest absolute Gasteiger partial charge is 0.463 e. The van der Waals surface area contributed by atoms with Gasteiger partial charge in [0.15, 0.2) is 0 Å². The number of piperidine rings is 2. The Balaban J connectivity index is 0.867. The number of fused-ring (bicyclic) bond motifs is 2. The summed E-state index contributed by atoms with van der Waals surface area (Å²) < 4.78 is 33.2. The highest BCUT2D eigenvalue weighted by Gasteiger charge is 2.56. The van der Waals surface area contributed by atoms with Crippen molar-refractivity contribution < 1.29 is 107 Å². The fourth-order valence-electron chi connectivity index (χ4n) is 10.1. The van der Waals surface area contributed by atoms with Gasteiger partial charge in [0.1, 0.15) is 62.2 Å². The van der Waals surface area contributed by atoms with Crippen molar-refractivity contribution in [3.05, 3.63) is 12.2 Å². The van der Waals surface area contributed by atoms with Crippen LogP contribution in [0.2, 0.25) is 0 Å². The summed E-state index contributed by atoms with van der Waals surface area (Å²) in [7, 11) is 6.29. The second-order valence-electron chi connectivity index (χ2n) is 25.6. The molecule has 4 fully saturated rings. The van der Waals surface area contributed by atoms with Crippen molar-refractivity contribution in [2.24, 2.45) is 10.8 Å². The highest BCUT2D eigenvalue weighted by atomic mass is 33.1. The summed E-state index contributed by atoms with van der Waals surface area (Å²) in [5, 5.41) is 73.1. The Labute approximate surface area is 558 Å². The molecule has 2 unspecified atom stereocenters. The average molecular weight is 1400 g/mol. The van der Waals surface area contributed by atoms with E-state index in [9.17, 15) is 78.6 Å². The minimum Gasteiger partial charge on any atom is -0.463 e. The van der Waals surface area contributed by atoms with Crippen LogP contribution < -0.4 is 21.3 Å². The van der Waals surface area contributed by atoms with Gasteiger partial charge in [0.05, 0.1) is 82.3 Å². The third kappa shape index (κ3) is 24.3. The van der Waals surface area contributed by atoms with Crippen LogP contribution in [-0.4, -0.2) is 297 Å². The molecule has 10 atom stereocenters. The molecule has 30 nitrogen and oxygen atoms in total. The third-order valence-electron chi connectivity index (χ3n) is 16.3. The minimum absolute atomic E-state index is 0.0741. The Bertz CT molecular complexity index is 2570. The van der Waals surface area contributed by atoms with Crippen molar-refractivity contribution in [2.45, 2.75) is 171 Å². The Morgan fingerprint density at radius 3 is 1.45 bits per heavy atom. The number of carbonyl (C=O) groups is 10. The standard InChI is InChI=1S/C59H96N8O22S4/c1-56(2,54(82)88-34-36-44(74)46(76)48(78)50-62-33-43(73)66(36)50)16-31-90-92-58(5,6)14-11-38(68)60-18-23-84-27-29-86-25-21-64(40(70)13-20-65-41(71)9-10-42(65)72)22-26-87-30-28-85-24-19-61-39(69)12-15-59(7,8)93-91-32-17-57(3,4)55(83)89-35-37-45(75)47(77)49(79)51-63-52(80)53(81)67(37)51/h9-10,36-37,44-51,62,74-79H,11-35H2,1-8H3,(H,60,68)(H,61,69)(H,63,80)/t36?,37?,44-,45+,46+,47-,48+,49-,50+,51-/m0/s1. The second kappa shape index (κ2) is 37.4. The van der Waals surface area contributed by atoms with Gasteiger partial charge < -0.3 is 89.7 Å². The van der Waals surface area contributed by atoms with Crippen LogP contribution >= 0.6 is 43.2 Å². The van der Waals surface area contributed by atoms with E-state index < -0.39 is 114 Å². The fraction of sp³-hybridized carbons (Fsp3) is 0.797. The number of carbonyl (C=O) groups excluding carboxylic acids is 10. The maximum absolute atomic E-state index is 13.3. The van der Waals surface area contributed by atoms with Gasteiger partial charge >= 0.3 is 23.8 Å². The Morgan fingerprint density at radius 2 is 0.989 bits per heavy atom. The first-order valence-electron chi connectivity index (χ1n) is 31.2. The monoisotopic (exact) mass is 1400 g/mol. The lowest BCUT2D eigenvalue weighted by atomic mass is 9.90. The predicted molar refractivity (Wildman–Crippen MR) is 343 cm³/mol. The Morgan fingerprint density at radius 1 is 0.559 bits per heavy atom. The average Bonchev–Trinajstić information content (AvgIpc) is 1.67. The maximum atomic E-state index is 13.3. The van der Waals surface area contributed by atoms with Gasteiger partial charge in [-0.05, 0) is 81.1 Å². The number of ether oxygens (including phenoxy) is 6. The number of nitrogens with zero attached hydrogens (tertiary/aromatic N) is 4. The molecule has 5 aliphatic rings. The number of amides is 8. The van der Waals surface area contributed by atoms with Crippen LogP contribution in [0.1, 0.15) is 100 Å². The number of esters is 2. The fourth-order valence-corrected chi connectivity index (χ4v) is 15.9. The quantitative estimate of drug-likeness (QED) is 0.0106. The minimum atomic E-state index is -1.68. The molecule has 0 radical (unpaired) electrons. The predicted octanol–water partition coefficient (Wildman–Crippen LogP) is -1.80. The van der Waals surface area contributed by atoms with E-state index in [-0.39, 0.29) is 151 Å². The Kier molecular flexibility index (Phi) is 31.9.